The second kappa shape index (κ2) is 4.52. The molecule has 0 amide bonds. The standard InChI is InChI=1S/C12H21NO2/c13-12(7-3-4-8-12)9-11(14)15-10-5-1-2-6-10/h10H,1-9,13H2. The molecule has 0 radical (unpaired) electrons. The van der Waals surface area contributed by atoms with E-state index in [0.29, 0.717) is 6.42 Å². The quantitative estimate of drug-likeness (QED) is 0.728. The molecule has 2 saturated carbocycles. The van der Waals surface area contributed by atoms with E-state index < -0.39 is 0 Å². The molecule has 3 nitrogen and oxygen atoms in total. The predicted molar refractivity (Wildman–Crippen MR) is 58.4 cm³/mol. The Morgan fingerprint density at radius 1 is 1.20 bits per heavy atom. The van der Waals surface area contributed by atoms with Crippen molar-refractivity contribution >= 4 is 5.97 Å². The Bertz CT molecular complexity index is 228. The minimum absolute atomic E-state index is 0.0775. The molecule has 2 N–H and O–H groups in total. The minimum Gasteiger partial charge on any atom is -0.462 e. The van der Waals surface area contributed by atoms with E-state index in [1.165, 1.54) is 12.8 Å². The van der Waals surface area contributed by atoms with Crippen molar-refractivity contribution in [3.8, 4) is 0 Å². The molecule has 0 bridgehead atoms. The van der Waals surface area contributed by atoms with Crippen molar-refractivity contribution in [3.63, 3.8) is 0 Å². The van der Waals surface area contributed by atoms with Crippen LogP contribution in [0.1, 0.15) is 57.8 Å². The Kier molecular flexibility index (Phi) is 3.29. The van der Waals surface area contributed by atoms with Gasteiger partial charge in [0, 0.05) is 5.54 Å². The molecule has 86 valence electrons. The van der Waals surface area contributed by atoms with Gasteiger partial charge in [-0.05, 0) is 38.5 Å². The van der Waals surface area contributed by atoms with Gasteiger partial charge in [-0.2, -0.15) is 0 Å². The third-order valence-electron chi connectivity index (χ3n) is 3.70. The van der Waals surface area contributed by atoms with Gasteiger partial charge in [-0.15, -0.1) is 0 Å². The lowest BCUT2D eigenvalue weighted by atomic mass is 9.95. The number of esters is 1. The summed E-state index contributed by atoms with van der Waals surface area (Å²) in [7, 11) is 0. The zero-order valence-corrected chi connectivity index (χ0v) is 9.34. The second-order valence-electron chi connectivity index (χ2n) is 5.14. The van der Waals surface area contributed by atoms with Gasteiger partial charge in [-0.25, -0.2) is 0 Å². The Balaban J connectivity index is 1.76. The molecule has 0 spiro atoms. The average Bonchev–Trinajstić information content (AvgIpc) is 2.76. The number of carbonyl (C=O) groups excluding carboxylic acids is 1. The molecular weight excluding hydrogens is 190 g/mol. The van der Waals surface area contributed by atoms with Crippen molar-refractivity contribution in [1.29, 1.82) is 0 Å². The fraction of sp³-hybridized carbons (Fsp3) is 0.917. The molecule has 2 rings (SSSR count). The number of rotatable bonds is 3. The fourth-order valence-corrected chi connectivity index (χ4v) is 2.78. The maximum atomic E-state index is 11.7. The average molecular weight is 211 g/mol. The van der Waals surface area contributed by atoms with Gasteiger partial charge < -0.3 is 10.5 Å². The summed E-state index contributed by atoms with van der Waals surface area (Å²) in [5, 5.41) is 0. The zero-order valence-electron chi connectivity index (χ0n) is 9.34. The first-order valence-corrected chi connectivity index (χ1v) is 6.16. The van der Waals surface area contributed by atoms with E-state index in [1.54, 1.807) is 0 Å². The first-order chi connectivity index (χ1) is 7.18. The Labute approximate surface area is 91.4 Å². The lowest BCUT2D eigenvalue weighted by molar-refractivity contribution is -0.150. The summed E-state index contributed by atoms with van der Waals surface area (Å²) < 4.78 is 5.42. The molecule has 0 aromatic heterocycles. The molecule has 2 aliphatic rings. The summed E-state index contributed by atoms with van der Waals surface area (Å²) in [6, 6.07) is 0. The number of carbonyl (C=O) groups is 1. The first kappa shape index (κ1) is 10.9. The van der Waals surface area contributed by atoms with Crippen LogP contribution in [0.2, 0.25) is 0 Å². The number of ether oxygens (including phenoxy) is 1. The van der Waals surface area contributed by atoms with Gasteiger partial charge in [0.25, 0.3) is 0 Å². The van der Waals surface area contributed by atoms with Crippen LogP contribution < -0.4 is 5.73 Å². The zero-order chi connectivity index (χ0) is 10.7. The largest absolute Gasteiger partial charge is 0.462 e. The van der Waals surface area contributed by atoms with Crippen LogP contribution in [-0.4, -0.2) is 17.6 Å². The van der Waals surface area contributed by atoms with E-state index in [1.807, 2.05) is 0 Å². The van der Waals surface area contributed by atoms with Gasteiger partial charge in [0.15, 0.2) is 0 Å². The third kappa shape index (κ3) is 2.94. The second-order valence-corrected chi connectivity index (χ2v) is 5.14. The maximum Gasteiger partial charge on any atom is 0.307 e. The van der Waals surface area contributed by atoms with Crippen molar-refractivity contribution < 1.29 is 9.53 Å². The summed E-state index contributed by atoms with van der Waals surface area (Å²) in [6.07, 6.45) is 9.37. The van der Waals surface area contributed by atoms with Gasteiger partial charge in [0.05, 0.1) is 6.42 Å². The van der Waals surface area contributed by atoms with Crippen LogP contribution in [0.25, 0.3) is 0 Å². The van der Waals surface area contributed by atoms with Crippen molar-refractivity contribution in [2.24, 2.45) is 5.73 Å². The fourth-order valence-electron chi connectivity index (χ4n) is 2.78. The first-order valence-electron chi connectivity index (χ1n) is 6.16. The smallest absolute Gasteiger partial charge is 0.307 e. The molecule has 2 fully saturated rings. The number of hydrogen-bond donors (Lipinski definition) is 1. The van der Waals surface area contributed by atoms with Crippen LogP contribution in [-0.2, 0) is 9.53 Å². The van der Waals surface area contributed by atoms with Gasteiger partial charge in [0.2, 0.25) is 0 Å². The molecule has 15 heavy (non-hydrogen) atoms. The van der Waals surface area contributed by atoms with Crippen molar-refractivity contribution in [1.82, 2.24) is 0 Å². The van der Waals surface area contributed by atoms with E-state index in [2.05, 4.69) is 0 Å². The highest BCUT2D eigenvalue weighted by molar-refractivity contribution is 5.71. The normalized spacial score (nSPS) is 25.7. The van der Waals surface area contributed by atoms with Gasteiger partial charge >= 0.3 is 5.97 Å². The van der Waals surface area contributed by atoms with Crippen molar-refractivity contribution in [2.75, 3.05) is 0 Å². The van der Waals surface area contributed by atoms with E-state index >= 15 is 0 Å². The van der Waals surface area contributed by atoms with E-state index in [4.69, 9.17) is 10.5 Å². The number of nitrogens with two attached hydrogens (primary N) is 1. The molecule has 0 aromatic carbocycles. The summed E-state index contributed by atoms with van der Waals surface area (Å²) in [5.74, 6) is -0.0775. The Morgan fingerprint density at radius 3 is 2.40 bits per heavy atom. The molecule has 0 atom stereocenters. The lowest BCUT2D eigenvalue weighted by Crippen LogP contribution is -2.39. The van der Waals surface area contributed by atoms with Crippen LogP contribution in [0.15, 0.2) is 0 Å². The van der Waals surface area contributed by atoms with Gasteiger partial charge in [-0.1, -0.05) is 12.8 Å². The van der Waals surface area contributed by atoms with Crippen LogP contribution in [0.5, 0.6) is 0 Å². The highest BCUT2D eigenvalue weighted by atomic mass is 16.5. The molecule has 3 heteroatoms. The number of hydrogen-bond acceptors (Lipinski definition) is 3. The van der Waals surface area contributed by atoms with Crippen LogP contribution in [0.4, 0.5) is 0 Å². The Hall–Kier alpha value is -0.570. The molecule has 0 aromatic rings. The van der Waals surface area contributed by atoms with Crippen molar-refractivity contribution in [3.05, 3.63) is 0 Å². The van der Waals surface area contributed by atoms with Gasteiger partial charge in [-0.3, -0.25) is 4.79 Å². The van der Waals surface area contributed by atoms with Crippen LogP contribution in [0, 0.1) is 0 Å². The third-order valence-corrected chi connectivity index (χ3v) is 3.70. The molecule has 0 aliphatic heterocycles. The minimum atomic E-state index is -0.254. The monoisotopic (exact) mass is 211 g/mol. The maximum absolute atomic E-state index is 11.7. The lowest BCUT2D eigenvalue weighted by Gasteiger charge is -2.23. The molecule has 2 aliphatic carbocycles. The van der Waals surface area contributed by atoms with E-state index in [-0.39, 0.29) is 17.6 Å². The van der Waals surface area contributed by atoms with Crippen LogP contribution in [0.3, 0.4) is 0 Å². The van der Waals surface area contributed by atoms with Crippen molar-refractivity contribution in [2.45, 2.75) is 69.4 Å². The van der Waals surface area contributed by atoms with E-state index in [9.17, 15) is 4.79 Å². The Morgan fingerprint density at radius 2 is 1.80 bits per heavy atom. The molecule has 0 saturated heterocycles. The predicted octanol–water partition coefficient (Wildman–Crippen LogP) is 2.13. The summed E-state index contributed by atoms with van der Waals surface area (Å²) in [5.41, 5.74) is 5.88. The highest BCUT2D eigenvalue weighted by Gasteiger charge is 2.33. The molecular formula is C12H21NO2. The SMILES string of the molecule is NC1(CC(=O)OC2CCCC2)CCCC1. The topological polar surface area (TPSA) is 52.3 Å². The summed E-state index contributed by atoms with van der Waals surface area (Å²) in [6.45, 7) is 0. The van der Waals surface area contributed by atoms with E-state index in [0.717, 1.165) is 38.5 Å². The van der Waals surface area contributed by atoms with Crippen LogP contribution >= 0.6 is 0 Å². The summed E-state index contributed by atoms with van der Waals surface area (Å²) >= 11 is 0. The highest BCUT2D eigenvalue weighted by Crippen LogP contribution is 2.31. The molecule has 0 heterocycles. The summed E-state index contributed by atoms with van der Waals surface area (Å²) in [4.78, 5) is 11.7. The van der Waals surface area contributed by atoms with Gasteiger partial charge in [0.1, 0.15) is 6.10 Å². The molecule has 0 unspecified atom stereocenters.